The molecule has 28 heavy (non-hydrogen) atoms. The summed E-state index contributed by atoms with van der Waals surface area (Å²) in [5.41, 5.74) is 1.81. The Hall–Kier alpha value is -2.03. The Bertz CT molecular complexity index is 976. The summed E-state index contributed by atoms with van der Waals surface area (Å²) in [5, 5.41) is 0. The Morgan fingerprint density at radius 2 is 1.75 bits per heavy atom. The van der Waals surface area contributed by atoms with E-state index in [2.05, 4.69) is 4.72 Å². The van der Waals surface area contributed by atoms with Crippen LogP contribution in [0.25, 0.3) is 0 Å². The van der Waals surface area contributed by atoms with Gasteiger partial charge in [-0.1, -0.05) is 19.9 Å². The van der Waals surface area contributed by atoms with Crippen molar-refractivity contribution in [2.75, 3.05) is 6.61 Å². The van der Waals surface area contributed by atoms with Gasteiger partial charge in [0.15, 0.2) is 6.61 Å². The van der Waals surface area contributed by atoms with Crippen molar-refractivity contribution in [3.8, 4) is 0 Å². The summed E-state index contributed by atoms with van der Waals surface area (Å²) < 4.78 is 32.9. The van der Waals surface area contributed by atoms with Gasteiger partial charge in [-0.05, 0) is 62.1 Å². The summed E-state index contributed by atoms with van der Waals surface area (Å²) in [7, 11) is -3.91. The van der Waals surface area contributed by atoms with Gasteiger partial charge < -0.3 is 4.74 Å². The molecule has 0 saturated heterocycles. The Kier molecular flexibility index (Phi) is 7.14. The van der Waals surface area contributed by atoms with Gasteiger partial charge in [-0.3, -0.25) is 9.59 Å². The lowest BCUT2D eigenvalue weighted by molar-refractivity contribution is -0.145. The monoisotopic (exact) mass is 423 g/mol. The van der Waals surface area contributed by atoms with E-state index in [1.807, 2.05) is 26.8 Å². The van der Waals surface area contributed by atoms with Gasteiger partial charge in [-0.15, -0.1) is 11.3 Å². The number of ketones is 1. The van der Waals surface area contributed by atoms with Crippen LogP contribution in [0, 0.1) is 26.7 Å². The van der Waals surface area contributed by atoms with Gasteiger partial charge >= 0.3 is 5.97 Å². The second kappa shape index (κ2) is 8.98. The molecule has 1 aromatic heterocycles. The number of sulfonamides is 1. The zero-order valence-corrected chi connectivity index (χ0v) is 18.2. The molecule has 6 nitrogen and oxygen atoms in total. The highest BCUT2D eigenvalue weighted by Crippen LogP contribution is 2.18. The highest BCUT2D eigenvalue weighted by molar-refractivity contribution is 7.89. The van der Waals surface area contributed by atoms with Gasteiger partial charge in [0.2, 0.25) is 15.8 Å². The summed E-state index contributed by atoms with van der Waals surface area (Å²) >= 11 is 1.32. The summed E-state index contributed by atoms with van der Waals surface area (Å²) in [6.07, 6.45) is 0. The molecule has 0 unspecified atom stereocenters. The third-order valence-electron chi connectivity index (χ3n) is 4.35. The number of ether oxygens (including phenoxy) is 1. The Balaban J connectivity index is 2.10. The second-order valence-corrected chi connectivity index (χ2v) is 10.0. The van der Waals surface area contributed by atoms with Crippen LogP contribution in [0.4, 0.5) is 0 Å². The molecule has 0 aliphatic rings. The molecule has 1 heterocycles. The fourth-order valence-electron chi connectivity index (χ4n) is 2.45. The highest BCUT2D eigenvalue weighted by atomic mass is 32.2. The molecule has 0 bridgehead atoms. The first-order valence-electron chi connectivity index (χ1n) is 8.87. The number of hydrogen-bond acceptors (Lipinski definition) is 6. The summed E-state index contributed by atoms with van der Waals surface area (Å²) in [6.45, 7) is 8.58. The molecule has 1 atom stereocenters. The topological polar surface area (TPSA) is 89.5 Å². The van der Waals surface area contributed by atoms with Gasteiger partial charge in [-0.2, -0.15) is 4.72 Å². The molecule has 2 rings (SSSR count). The molecule has 1 aromatic carbocycles. The molecular weight excluding hydrogens is 398 g/mol. The van der Waals surface area contributed by atoms with Crippen molar-refractivity contribution in [1.29, 1.82) is 0 Å². The summed E-state index contributed by atoms with van der Waals surface area (Å²) in [5.74, 6) is -1.44. The lowest BCUT2D eigenvalue weighted by atomic mass is 10.1. The maximum atomic E-state index is 12.7. The second-order valence-electron chi connectivity index (χ2n) is 7.03. The minimum Gasteiger partial charge on any atom is -0.456 e. The van der Waals surface area contributed by atoms with Crippen molar-refractivity contribution < 1.29 is 22.7 Å². The molecular formula is C20H25NO5S2. The molecule has 0 aliphatic carbocycles. The van der Waals surface area contributed by atoms with E-state index in [0.717, 1.165) is 16.0 Å². The minimum atomic E-state index is -3.91. The minimum absolute atomic E-state index is 0.0826. The maximum absolute atomic E-state index is 12.7. The van der Waals surface area contributed by atoms with E-state index in [0.29, 0.717) is 4.88 Å². The van der Waals surface area contributed by atoms with E-state index in [-0.39, 0.29) is 16.6 Å². The Morgan fingerprint density at radius 1 is 1.07 bits per heavy atom. The van der Waals surface area contributed by atoms with Gasteiger partial charge in [0.25, 0.3) is 0 Å². The fraction of sp³-hybridized carbons (Fsp3) is 0.400. The zero-order chi connectivity index (χ0) is 21.1. The number of Topliss-reactive ketones (excluding diaryl/α,β-unsaturated/α-hetero) is 1. The number of esters is 1. The normalized spacial score (nSPS) is 12.8. The molecule has 0 aliphatic heterocycles. The van der Waals surface area contributed by atoms with Crippen LogP contribution in [-0.2, 0) is 19.6 Å². The number of rotatable bonds is 8. The van der Waals surface area contributed by atoms with E-state index in [9.17, 15) is 18.0 Å². The number of aryl methyl sites for hydroxylation is 3. The predicted molar refractivity (Wildman–Crippen MR) is 109 cm³/mol. The number of carbonyl (C=O) groups excluding carboxylic acids is 2. The first kappa shape index (κ1) is 22.3. The lowest BCUT2D eigenvalue weighted by Crippen LogP contribution is -2.45. The van der Waals surface area contributed by atoms with E-state index in [1.165, 1.54) is 17.4 Å². The van der Waals surface area contributed by atoms with Gasteiger partial charge in [0.1, 0.15) is 6.04 Å². The standard InChI is InChI=1S/C20H25NO5S2/c1-12(2)19(20(23)26-11-17(22)18-9-7-15(5)27-18)21-28(24,25)16-8-6-13(3)14(4)10-16/h6-10,12,19,21H,11H2,1-5H3/t19-/m0/s1. The van der Waals surface area contributed by atoms with Crippen LogP contribution < -0.4 is 4.72 Å². The van der Waals surface area contributed by atoms with Crippen LogP contribution >= 0.6 is 11.3 Å². The molecule has 2 aromatic rings. The molecule has 8 heteroatoms. The predicted octanol–water partition coefficient (Wildman–Crippen LogP) is 3.40. The Labute approximate surface area is 170 Å². The molecule has 0 spiro atoms. The lowest BCUT2D eigenvalue weighted by Gasteiger charge is -2.21. The van der Waals surface area contributed by atoms with Crippen molar-refractivity contribution in [1.82, 2.24) is 4.72 Å². The zero-order valence-electron chi connectivity index (χ0n) is 16.6. The van der Waals surface area contributed by atoms with Crippen LogP contribution in [0.2, 0.25) is 0 Å². The van der Waals surface area contributed by atoms with Crippen molar-refractivity contribution in [2.24, 2.45) is 5.92 Å². The van der Waals surface area contributed by atoms with Crippen molar-refractivity contribution in [3.63, 3.8) is 0 Å². The van der Waals surface area contributed by atoms with Crippen LogP contribution in [0.15, 0.2) is 35.2 Å². The maximum Gasteiger partial charge on any atom is 0.324 e. The van der Waals surface area contributed by atoms with Crippen LogP contribution in [0.1, 0.15) is 39.5 Å². The number of thiophene rings is 1. The number of benzene rings is 1. The number of hydrogen-bond donors (Lipinski definition) is 1. The van der Waals surface area contributed by atoms with Crippen LogP contribution in [-0.4, -0.2) is 32.8 Å². The third kappa shape index (κ3) is 5.50. The van der Waals surface area contributed by atoms with Crippen LogP contribution in [0.5, 0.6) is 0 Å². The van der Waals surface area contributed by atoms with E-state index in [1.54, 1.807) is 32.0 Å². The average molecular weight is 424 g/mol. The first-order chi connectivity index (χ1) is 13.0. The molecule has 152 valence electrons. The Morgan fingerprint density at radius 3 is 2.29 bits per heavy atom. The highest BCUT2D eigenvalue weighted by Gasteiger charge is 2.30. The largest absolute Gasteiger partial charge is 0.456 e. The van der Waals surface area contributed by atoms with Crippen molar-refractivity contribution in [3.05, 3.63) is 51.2 Å². The van der Waals surface area contributed by atoms with E-state index in [4.69, 9.17) is 4.74 Å². The summed E-state index contributed by atoms with van der Waals surface area (Å²) in [4.78, 5) is 26.2. The van der Waals surface area contributed by atoms with E-state index >= 15 is 0 Å². The average Bonchev–Trinajstić information content (AvgIpc) is 3.06. The molecule has 0 saturated carbocycles. The molecule has 0 amide bonds. The summed E-state index contributed by atoms with van der Waals surface area (Å²) in [6, 6.07) is 7.17. The molecule has 0 fully saturated rings. The number of carbonyl (C=O) groups is 2. The van der Waals surface area contributed by atoms with Gasteiger partial charge in [-0.25, -0.2) is 8.42 Å². The van der Waals surface area contributed by atoms with Crippen molar-refractivity contribution >= 4 is 33.1 Å². The fourth-order valence-corrected chi connectivity index (χ4v) is 4.66. The van der Waals surface area contributed by atoms with Gasteiger partial charge in [0, 0.05) is 4.88 Å². The molecule has 0 radical (unpaired) electrons. The van der Waals surface area contributed by atoms with Crippen molar-refractivity contribution in [2.45, 2.75) is 45.6 Å². The quantitative estimate of drug-likeness (QED) is 0.519. The number of nitrogens with one attached hydrogen (secondary N) is 1. The molecule has 1 N–H and O–H groups in total. The smallest absolute Gasteiger partial charge is 0.324 e. The SMILES string of the molecule is Cc1ccc(C(=O)COC(=O)[C@@H](NS(=O)(=O)c2ccc(C)c(C)c2)C(C)C)s1. The third-order valence-corrected chi connectivity index (χ3v) is 6.83. The van der Waals surface area contributed by atoms with Crippen LogP contribution in [0.3, 0.4) is 0 Å². The first-order valence-corrected chi connectivity index (χ1v) is 11.2. The van der Waals surface area contributed by atoms with Gasteiger partial charge in [0.05, 0.1) is 9.77 Å². The van der Waals surface area contributed by atoms with E-state index < -0.39 is 28.6 Å².